The van der Waals surface area contributed by atoms with Crippen LogP contribution >= 0.6 is 22.7 Å². The maximum absolute atomic E-state index is 12.9. The van der Waals surface area contributed by atoms with Gasteiger partial charge in [-0.1, -0.05) is 6.07 Å². The van der Waals surface area contributed by atoms with Crippen LogP contribution in [0.3, 0.4) is 0 Å². The zero-order valence-electron chi connectivity index (χ0n) is 14.2. The largest absolute Gasteiger partial charge is 0.459 e. The molecule has 4 rings (SSSR count). The average Bonchev–Trinajstić information content (AvgIpc) is 3.41. The van der Waals surface area contributed by atoms with E-state index in [4.69, 9.17) is 4.42 Å². The van der Waals surface area contributed by atoms with E-state index in [2.05, 4.69) is 4.98 Å². The summed E-state index contributed by atoms with van der Waals surface area (Å²) < 4.78 is 5.17. The van der Waals surface area contributed by atoms with Crippen molar-refractivity contribution in [3.63, 3.8) is 0 Å². The summed E-state index contributed by atoms with van der Waals surface area (Å²) in [6, 6.07) is 7.35. The molecule has 0 atom stereocenters. The van der Waals surface area contributed by atoms with Gasteiger partial charge in [0, 0.05) is 26.2 Å². The number of thiophene rings is 1. The molecule has 134 valence electrons. The van der Waals surface area contributed by atoms with Crippen molar-refractivity contribution in [2.75, 3.05) is 26.2 Å². The second kappa shape index (κ2) is 7.05. The molecule has 0 unspecified atom stereocenters. The Morgan fingerprint density at radius 1 is 1.08 bits per heavy atom. The van der Waals surface area contributed by atoms with Crippen molar-refractivity contribution in [1.29, 1.82) is 0 Å². The Balaban J connectivity index is 1.43. The van der Waals surface area contributed by atoms with Crippen molar-refractivity contribution in [2.24, 2.45) is 0 Å². The van der Waals surface area contributed by atoms with Crippen LogP contribution in [0, 0.1) is 6.92 Å². The second-order valence-electron chi connectivity index (χ2n) is 5.97. The van der Waals surface area contributed by atoms with Gasteiger partial charge in [-0.25, -0.2) is 4.98 Å². The number of nitrogens with zero attached hydrogens (tertiary/aromatic N) is 3. The standard InChI is InChI=1S/C18H17N3O3S2/c1-12-15(26-16(19-12)14-5-3-11-25-14)18(23)21-8-6-20(7-9-21)17(22)13-4-2-10-24-13/h2-5,10-11H,6-9H2,1H3. The highest BCUT2D eigenvalue weighted by atomic mass is 32.1. The minimum Gasteiger partial charge on any atom is -0.459 e. The number of carbonyl (C=O) groups is 2. The lowest BCUT2D eigenvalue weighted by Gasteiger charge is -2.34. The smallest absolute Gasteiger partial charge is 0.289 e. The molecule has 8 heteroatoms. The molecular weight excluding hydrogens is 370 g/mol. The molecule has 0 aliphatic carbocycles. The van der Waals surface area contributed by atoms with Gasteiger partial charge in [-0.2, -0.15) is 0 Å². The Hall–Kier alpha value is -2.45. The SMILES string of the molecule is Cc1nc(-c2cccs2)sc1C(=O)N1CCN(C(=O)c2ccco2)CC1. The van der Waals surface area contributed by atoms with E-state index in [-0.39, 0.29) is 11.8 Å². The molecular formula is C18H17N3O3S2. The van der Waals surface area contributed by atoms with Gasteiger partial charge in [0.15, 0.2) is 5.76 Å². The number of hydrogen-bond acceptors (Lipinski definition) is 6. The highest BCUT2D eigenvalue weighted by Gasteiger charge is 2.28. The van der Waals surface area contributed by atoms with Crippen molar-refractivity contribution in [3.8, 4) is 9.88 Å². The molecule has 1 aliphatic rings. The van der Waals surface area contributed by atoms with E-state index in [0.717, 1.165) is 15.6 Å². The van der Waals surface area contributed by atoms with Crippen LogP contribution in [0.25, 0.3) is 9.88 Å². The molecule has 6 nitrogen and oxygen atoms in total. The van der Waals surface area contributed by atoms with Gasteiger partial charge in [0.2, 0.25) is 0 Å². The lowest BCUT2D eigenvalue weighted by molar-refractivity contribution is 0.0520. The summed E-state index contributed by atoms with van der Waals surface area (Å²) in [5.74, 6) is 0.202. The van der Waals surface area contributed by atoms with E-state index in [0.29, 0.717) is 36.8 Å². The fraction of sp³-hybridized carbons (Fsp3) is 0.278. The van der Waals surface area contributed by atoms with Crippen LogP contribution < -0.4 is 0 Å². The fourth-order valence-corrected chi connectivity index (χ4v) is 4.74. The predicted molar refractivity (Wildman–Crippen MR) is 101 cm³/mol. The number of thiazole rings is 1. The topological polar surface area (TPSA) is 66.7 Å². The molecule has 3 aromatic rings. The van der Waals surface area contributed by atoms with Gasteiger partial charge in [0.05, 0.1) is 16.8 Å². The summed E-state index contributed by atoms with van der Waals surface area (Å²) in [7, 11) is 0. The first-order chi connectivity index (χ1) is 12.6. The number of piperazine rings is 1. The van der Waals surface area contributed by atoms with Crippen molar-refractivity contribution in [1.82, 2.24) is 14.8 Å². The normalized spacial score (nSPS) is 14.7. The number of amides is 2. The summed E-state index contributed by atoms with van der Waals surface area (Å²) >= 11 is 3.05. The Labute approximate surface area is 158 Å². The molecule has 1 fully saturated rings. The molecule has 4 heterocycles. The fourth-order valence-electron chi connectivity index (χ4n) is 2.91. The first-order valence-corrected chi connectivity index (χ1v) is 9.96. The van der Waals surface area contributed by atoms with Crippen LogP contribution in [0.1, 0.15) is 25.9 Å². The monoisotopic (exact) mass is 387 g/mol. The minimum absolute atomic E-state index is 0.00657. The average molecular weight is 387 g/mol. The van der Waals surface area contributed by atoms with Crippen LogP contribution in [-0.2, 0) is 0 Å². The quantitative estimate of drug-likeness (QED) is 0.691. The first kappa shape index (κ1) is 17.0. The second-order valence-corrected chi connectivity index (χ2v) is 7.92. The van der Waals surface area contributed by atoms with Crippen LogP contribution in [-0.4, -0.2) is 52.8 Å². The zero-order chi connectivity index (χ0) is 18.1. The van der Waals surface area contributed by atoms with Crippen LogP contribution in [0.5, 0.6) is 0 Å². The third-order valence-electron chi connectivity index (χ3n) is 4.31. The molecule has 0 radical (unpaired) electrons. The van der Waals surface area contributed by atoms with Gasteiger partial charge in [-0.15, -0.1) is 22.7 Å². The summed E-state index contributed by atoms with van der Waals surface area (Å²) in [6.45, 7) is 3.90. The third kappa shape index (κ3) is 3.17. The van der Waals surface area contributed by atoms with Crippen molar-refractivity contribution in [3.05, 3.63) is 52.2 Å². The van der Waals surface area contributed by atoms with Crippen molar-refractivity contribution in [2.45, 2.75) is 6.92 Å². The van der Waals surface area contributed by atoms with Crippen LogP contribution in [0.2, 0.25) is 0 Å². The van der Waals surface area contributed by atoms with Crippen molar-refractivity contribution < 1.29 is 14.0 Å². The van der Waals surface area contributed by atoms with E-state index >= 15 is 0 Å². The minimum atomic E-state index is -0.129. The number of rotatable bonds is 3. The molecule has 0 N–H and O–H groups in total. The molecule has 0 saturated carbocycles. The Kier molecular flexibility index (Phi) is 4.60. The Morgan fingerprint density at radius 3 is 2.42 bits per heavy atom. The zero-order valence-corrected chi connectivity index (χ0v) is 15.8. The lowest BCUT2D eigenvalue weighted by Crippen LogP contribution is -2.50. The van der Waals surface area contributed by atoms with E-state index in [1.165, 1.54) is 17.6 Å². The summed E-state index contributed by atoms with van der Waals surface area (Å²) in [6.07, 6.45) is 1.49. The van der Waals surface area contributed by atoms with E-state index in [9.17, 15) is 9.59 Å². The highest BCUT2D eigenvalue weighted by molar-refractivity contribution is 7.22. The highest BCUT2D eigenvalue weighted by Crippen LogP contribution is 2.31. The van der Waals surface area contributed by atoms with E-state index in [1.807, 2.05) is 24.4 Å². The van der Waals surface area contributed by atoms with Gasteiger partial charge in [-0.05, 0) is 30.5 Å². The maximum Gasteiger partial charge on any atom is 0.289 e. The number of hydrogen-bond donors (Lipinski definition) is 0. The van der Waals surface area contributed by atoms with E-state index < -0.39 is 0 Å². The van der Waals surface area contributed by atoms with Crippen LogP contribution in [0.4, 0.5) is 0 Å². The summed E-state index contributed by atoms with van der Waals surface area (Å²) in [5, 5.41) is 2.88. The molecule has 1 saturated heterocycles. The number of aryl methyl sites for hydroxylation is 1. The lowest BCUT2D eigenvalue weighted by atomic mass is 10.2. The predicted octanol–water partition coefficient (Wildman–Crippen LogP) is 3.37. The van der Waals surface area contributed by atoms with Crippen molar-refractivity contribution >= 4 is 34.5 Å². The maximum atomic E-state index is 12.9. The van der Waals surface area contributed by atoms with Gasteiger partial charge in [0.25, 0.3) is 11.8 Å². The molecule has 26 heavy (non-hydrogen) atoms. The van der Waals surface area contributed by atoms with Gasteiger partial charge in [-0.3, -0.25) is 9.59 Å². The Bertz CT molecular complexity index is 908. The van der Waals surface area contributed by atoms with E-state index in [1.54, 1.807) is 33.3 Å². The van der Waals surface area contributed by atoms with Crippen LogP contribution in [0.15, 0.2) is 40.3 Å². The van der Waals surface area contributed by atoms with Gasteiger partial charge >= 0.3 is 0 Å². The molecule has 0 spiro atoms. The summed E-state index contributed by atoms with van der Waals surface area (Å²) in [4.78, 5) is 35.0. The first-order valence-electron chi connectivity index (χ1n) is 8.27. The molecule has 0 aromatic carbocycles. The molecule has 0 bridgehead atoms. The summed E-state index contributed by atoms with van der Waals surface area (Å²) in [5.41, 5.74) is 0.762. The molecule has 3 aromatic heterocycles. The third-order valence-corrected chi connectivity index (χ3v) is 6.49. The number of furan rings is 1. The molecule has 2 amide bonds. The van der Waals surface area contributed by atoms with Gasteiger partial charge in [0.1, 0.15) is 9.88 Å². The Morgan fingerprint density at radius 2 is 1.81 bits per heavy atom. The number of carbonyl (C=O) groups excluding carboxylic acids is 2. The number of aromatic nitrogens is 1. The van der Waals surface area contributed by atoms with Gasteiger partial charge < -0.3 is 14.2 Å². The molecule has 1 aliphatic heterocycles.